The highest BCUT2D eigenvalue weighted by Crippen LogP contribution is 2.64. The second kappa shape index (κ2) is 3.76. The summed E-state index contributed by atoms with van der Waals surface area (Å²) in [5.41, 5.74) is 1.09. The Bertz CT molecular complexity index is 228. The van der Waals surface area contributed by atoms with Crippen molar-refractivity contribution in [2.45, 2.75) is 65.3 Å². The average Bonchev–Trinajstić information content (AvgIpc) is 2.62. The van der Waals surface area contributed by atoms with E-state index in [1.165, 1.54) is 38.6 Å². The van der Waals surface area contributed by atoms with Gasteiger partial charge in [0.15, 0.2) is 0 Å². The van der Waals surface area contributed by atoms with Gasteiger partial charge >= 0.3 is 0 Å². The van der Waals surface area contributed by atoms with E-state index in [-0.39, 0.29) is 0 Å². The molecule has 0 heterocycles. The van der Waals surface area contributed by atoms with E-state index in [1.54, 1.807) is 0 Å². The molecule has 3 atom stereocenters. The lowest BCUT2D eigenvalue weighted by Gasteiger charge is -2.21. The van der Waals surface area contributed by atoms with Gasteiger partial charge in [-0.05, 0) is 70.3 Å². The number of rotatable bonds is 3. The lowest BCUT2D eigenvalue weighted by Crippen LogP contribution is -2.37. The van der Waals surface area contributed by atoms with Crippen molar-refractivity contribution in [3.63, 3.8) is 0 Å². The summed E-state index contributed by atoms with van der Waals surface area (Å²) >= 11 is 0. The van der Waals surface area contributed by atoms with Crippen LogP contribution in [0.3, 0.4) is 0 Å². The predicted octanol–water partition coefficient (Wildman–Crippen LogP) is 3.59. The summed E-state index contributed by atoms with van der Waals surface area (Å²) in [5, 5.41) is 3.67. The number of nitrogens with one attached hydrogen (secondary N) is 1. The molecule has 0 aromatic rings. The van der Waals surface area contributed by atoms with Crippen molar-refractivity contribution in [1.82, 2.24) is 5.32 Å². The maximum atomic E-state index is 3.67. The zero-order chi connectivity index (χ0) is 11.1. The third kappa shape index (κ3) is 2.55. The molecule has 1 N–H and O–H groups in total. The van der Waals surface area contributed by atoms with Crippen LogP contribution in [0.15, 0.2) is 0 Å². The minimum atomic E-state index is 0.298. The number of hydrogen-bond donors (Lipinski definition) is 1. The van der Waals surface area contributed by atoms with E-state index in [9.17, 15) is 0 Å². The van der Waals surface area contributed by atoms with Gasteiger partial charge in [-0.3, -0.25) is 0 Å². The Morgan fingerprint density at radius 1 is 1.27 bits per heavy atom. The van der Waals surface area contributed by atoms with Gasteiger partial charge in [-0.1, -0.05) is 13.3 Å². The largest absolute Gasteiger partial charge is 0.312 e. The molecule has 0 radical (unpaired) electrons. The fourth-order valence-electron chi connectivity index (χ4n) is 3.33. The van der Waals surface area contributed by atoms with Crippen LogP contribution >= 0.6 is 0 Å². The SMILES string of the molecule is CCC1CCC2(C1)CC2CNC(C)(C)C. The van der Waals surface area contributed by atoms with E-state index in [2.05, 4.69) is 33.0 Å². The van der Waals surface area contributed by atoms with Crippen molar-refractivity contribution < 1.29 is 0 Å². The van der Waals surface area contributed by atoms with Gasteiger partial charge in [0.05, 0.1) is 0 Å². The topological polar surface area (TPSA) is 12.0 Å². The van der Waals surface area contributed by atoms with Crippen LogP contribution in [-0.4, -0.2) is 12.1 Å². The normalized spacial score (nSPS) is 40.0. The quantitative estimate of drug-likeness (QED) is 0.749. The summed E-state index contributed by atoms with van der Waals surface area (Å²) in [5.74, 6) is 2.04. The molecule has 2 aliphatic carbocycles. The van der Waals surface area contributed by atoms with E-state index < -0.39 is 0 Å². The molecule has 0 saturated heterocycles. The lowest BCUT2D eigenvalue weighted by atomic mass is 9.98. The Morgan fingerprint density at radius 2 is 2.00 bits per heavy atom. The first-order valence-corrected chi connectivity index (χ1v) is 6.70. The van der Waals surface area contributed by atoms with Crippen LogP contribution in [-0.2, 0) is 0 Å². The monoisotopic (exact) mass is 209 g/mol. The molecule has 1 nitrogen and oxygen atoms in total. The molecular formula is C14H27N. The second-order valence-electron chi connectivity index (χ2n) is 6.91. The van der Waals surface area contributed by atoms with E-state index in [0.717, 1.165) is 17.3 Å². The highest BCUT2D eigenvalue weighted by Gasteiger charge is 2.56. The highest BCUT2D eigenvalue weighted by atomic mass is 15.0. The van der Waals surface area contributed by atoms with E-state index in [1.807, 2.05) is 0 Å². The van der Waals surface area contributed by atoms with E-state index in [0.29, 0.717) is 5.54 Å². The van der Waals surface area contributed by atoms with Crippen LogP contribution in [0, 0.1) is 17.3 Å². The van der Waals surface area contributed by atoms with Crippen LogP contribution < -0.4 is 5.32 Å². The summed E-state index contributed by atoms with van der Waals surface area (Å²) in [4.78, 5) is 0. The molecule has 3 unspecified atom stereocenters. The van der Waals surface area contributed by atoms with Crippen molar-refractivity contribution in [3.8, 4) is 0 Å². The molecule has 2 saturated carbocycles. The minimum Gasteiger partial charge on any atom is -0.312 e. The van der Waals surface area contributed by atoms with Crippen LogP contribution in [0.4, 0.5) is 0 Å². The predicted molar refractivity (Wildman–Crippen MR) is 65.9 cm³/mol. The van der Waals surface area contributed by atoms with Gasteiger partial charge in [0.1, 0.15) is 0 Å². The standard InChI is InChI=1S/C14H27N/c1-5-11-6-7-14(8-11)9-12(14)10-15-13(2,3)4/h11-12,15H,5-10H2,1-4H3. The minimum absolute atomic E-state index is 0.298. The van der Waals surface area contributed by atoms with Gasteiger partial charge in [-0.15, -0.1) is 0 Å². The molecule has 15 heavy (non-hydrogen) atoms. The van der Waals surface area contributed by atoms with Crippen molar-refractivity contribution >= 4 is 0 Å². The van der Waals surface area contributed by atoms with Crippen molar-refractivity contribution in [3.05, 3.63) is 0 Å². The van der Waals surface area contributed by atoms with Crippen LogP contribution in [0.2, 0.25) is 0 Å². The third-order valence-corrected chi connectivity index (χ3v) is 4.56. The van der Waals surface area contributed by atoms with Gasteiger partial charge in [-0.2, -0.15) is 0 Å². The Hall–Kier alpha value is -0.0400. The van der Waals surface area contributed by atoms with Crippen LogP contribution in [0.1, 0.15) is 59.8 Å². The maximum Gasteiger partial charge on any atom is 0.00966 e. The molecule has 88 valence electrons. The van der Waals surface area contributed by atoms with Gasteiger partial charge < -0.3 is 5.32 Å². The summed E-state index contributed by atoms with van der Waals surface area (Å²) in [6, 6.07) is 0. The molecule has 0 amide bonds. The van der Waals surface area contributed by atoms with E-state index in [4.69, 9.17) is 0 Å². The molecule has 0 aliphatic heterocycles. The summed E-state index contributed by atoms with van der Waals surface area (Å²) < 4.78 is 0. The highest BCUT2D eigenvalue weighted by molar-refractivity contribution is 5.07. The molecule has 2 aliphatic rings. The average molecular weight is 209 g/mol. The Morgan fingerprint density at radius 3 is 2.53 bits per heavy atom. The first-order chi connectivity index (χ1) is 6.95. The van der Waals surface area contributed by atoms with Crippen LogP contribution in [0.25, 0.3) is 0 Å². The molecule has 2 fully saturated rings. The Labute approximate surface area is 95.0 Å². The number of hydrogen-bond acceptors (Lipinski definition) is 1. The van der Waals surface area contributed by atoms with Gasteiger partial charge in [-0.25, -0.2) is 0 Å². The Kier molecular flexibility index (Phi) is 2.87. The molecule has 1 heteroatoms. The van der Waals surface area contributed by atoms with E-state index >= 15 is 0 Å². The fraction of sp³-hybridized carbons (Fsp3) is 1.00. The lowest BCUT2D eigenvalue weighted by molar-refractivity contribution is 0.372. The molecule has 0 aromatic heterocycles. The summed E-state index contributed by atoms with van der Waals surface area (Å²) in [6.45, 7) is 10.4. The maximum absolute atomic E-state index is 3.67. The summed E-state index contributed by atoms with van der Waals surface area (Å²) in [6.07, 6.45) is 7.46. The zero-order valence-electron chi connectivity index (χ0n) is 10.9. The second-order valence-corrected chi connectivity index (χ2v) is 6.91. The molecular weight excluding hydrogens is 182 g/mol. The van der Waals surface area contributed by atoms with Gasteiger partial charge in [0.25, 0.3) is 0 Å². The van der Waals surface area contributed by atoms with Crippen molar-refractivity contribution in [1.29, 1.82) is 0 Å². The Balaban J connectivity index is 1.76. The summed E-state index contributed by atoms with van der Waals surface area (Å²) in [7, 11) is 0. The first kappa shape index (κ1) is 11.4. The van der Waals surface area contributed by atoms with Crippen molar-refractivity contribution in [2.75, 3.05) is 6.54 Å². The smallest absolute Gasteiger partial charge is 0.00966 e. The fourth-order valence-corrected chi connectivity index (χ4v) is 3.33. The van der Waals surface area contributed by atoms with Crippen LogP contribution in [0.5, 0.6) is 0 Å². The van der Waals surface area contributed by atoms with Crippen molar-refractivity contribution in [2.24, 2.45) is 17.3 Å². The molecule has 1 spiro atoms. The third-order valence-electron chi connectivity index (χ3n) is 4.56. The van der Waals surface area contributed by atoms with Gasteiger partial charge in [0, 0.05) is 5.54 Å². The zero-order valence-corrected chi connectivity index (χ0v) is 10.9. The molecule has 2 rings (SSSR count). The molecule has 0 bridgehead atoms. The molecule has 0 aromatic carbocycles. The first-order valence-electron chi connectivity index (χ1n) is 6.70. The van der Waals surface area contributed by atoms with Gasteiger partial charge in [0.2, 0.25) is 0 Å².